The third-order valence-corrected chi connectivity index (χ3v) is 4.01. The Bertz CT molecular complexity index is 706. The zero-order chi connectivity index (χ0) is 13.9. The number of halogens is 1. The first kappa shape index (κ1) is 13.1. The molecule has 2 heterocycles. The molecular weight excluding hydrogens is 292 g/mol. The van der Waals surface area contributed by atoms with Crippen molar-refractivity contribution in [3.8, 4) is 5.69 Å². The van der Waals surface area contributed by atoms with E-state index in [1.165, 1.54) is 0 Å². The third kappa shape index (κ3) is 2.84. The van der Waals surface area contributed by atoms with E-state index in [1.54, 1.807) is 17.5 Å². The highest BCUT2D eigenvalue weighted by Crippen LogP contribution is 2.25. The molecule has 0 unspecified atom stereocenters. The topological polar surface area (TPSA) is 42.7 Å². The quantitative estimate of drug-likeness (QED) is 0.795. The van der Waals surface area contributed by atoms with Crippen molar-refractivity contribution in [2.24, 2.45) is 0 Å². The summed E-state index contributed by atoms with van der Waals surface area (Å²) in [5, 5.41) is 11.4. The van der Waals surface area contributed by atoms with E-state index in [9.17, 15) is 0 Å². The summed E-state index contributed by atoms with van der Waals surface area (Å²) in [7, 11) is 0. The van der Waals surface area contributed by atoms with Crippen molar-refractivity contribution < 1.29 is 0 Å². The molecule has 0 aliphatic rings. The van der Waals surface area contributed by atoms with Crippen LogP contribution in [0.4, 0.5) is 5.69 Å². The summed E-state index contributed by atoms with van der Waals surface area (Å²) in [6, 6.07) is 7.60. The molecule has 0 radical (unpaired) electrons. The van der Waals surface area contributed by atoms with Crippen LogP contribution in [-0.2, 0) is 6.54 Å². The molecule has 1 N–H and O–H groups in total. The number of benzene rings is 1. The van der Waals surface area contributed by atoms with Crippen LogP contribution >= 0.6 is 22.9 Å². The van der Waals surface area contributed by atoms with Crippen LogP contribution in [0.15, 0.2) is 42.0 Å². The normalized spacial score (nSPS) is 10.7. The molecule has 20 heavy (non-hydrogen) atoms. The Morgan fingerprint density at radius 2 is 2.30 bits per heavy atom. The van der Waals surface area contributed by atoms with Crippen molar-refractivity contribution in [2.75, 3.05) is 5.32 Å². The first-order chi connectivity index (χ1) is 9.72. The molecule has 2 aromatic heterocycles. The highest BCUT2D eigenvalue weighted by atomic mass is 35.5. The Morgan fingerprint density at radius 1 is 1.40 bits per heavy atom. The number of aryl methyl sites for hydroxylation is 1. The Kier molecular flexibility index (Phi) is 3.71. The van der Waals surface area contributed by atoms with Crippen LogP contribution in [0, 0.1) is 6.92 Å². The molecule has 0 aliphatic carbocycles. The maximum atomic E-state index is 6.08. The third-order valence-electron chi connectivity index (χ3n) is 2.81. The van der Waals surface area contributed by atoms with Crippen LogP contribution in [-0.4, -0.2) is 14.8 Å². The number of nitrogens with zero attached hydrogens (tertiary/aromatic N) is 3. The van der Waals surface area contributed by atoms with Crippen LogP contribution < -0.4 is 5.32 Å². The zero-order valence-electron chi connectivity index (χ0n) is 10.9. The summed E-state index contributed by atoms with van der Waals surface area (Å²) in [5.74, 6) is 0. The number of hydrogen-bond acceptors (Lipinski definition) is 4. The molecule has 0 spiro atoms. The molecule has 0 bridgehead atoms. The highest BCUT2D eigenvalue weighted by Gasteiger charge is 2.07. The number of thiazole rings is 1. The van der Waals surface area contributed by atoms with E-state index >= 15 is 0 Å². The minimum atomic E-state index is 0.674. The summed E-state index contributed by atoms with van der Waals surface area (Å²) < 4.78 is 1.81. The van der Waals surface area contributed by atoms with Gasteiger partial charge in [-0.2, -0.15) is 5.10 Å². The lowest BCUT2D eigenvalue weighted by Gasteiger charge is -2.11. The lowest BCUT2D eigenvalue weighted by molar-refractivity contribution is 0.879. The first-order valence-corrected chi connectivity index (χ1v) is 7.42. The van der Waals surface area contributed by atoms with E-state index in [2.05, 4.69) is 15.4 Å². The maximum Gasteiger partial charge on any atom is 0.112 e. The molecule has 0 fully saturated rings. The van der Waals surface area contributed by atoms with Gasteiger partial charge >= 0.3 is 0 Å². The lowest BCUT2D eigenvalue weighted by Crippen LogP contribution is -2.04. The van der Waals surface area contributed by atoms with Gasteiger partial charge in [-0.1, -0.05) is 11.6 Å². The Morgan fingerprint density at radius 3 is 3.00 bits per heavy atom. The van der Waals surface area contributed by atoms with E-state index in [-0.39, 0.29) is 0 Å². The Balaban J connectivity index is 1.86. The molecule has 0 saturated carbocycles. The number of hydrogen-bond donors (Lipinski definition) is 1. The average Bonchev–Trinajstić information content (AvgIpc) is 3.08. The second kappa shape index (κ2) is 5.64. The van der Waals surface area contributed by atoms with Crippen molar-refractivity contribution in [2.45, 2.75) is 13.5 Å². The molecule has 0 atom stereocenters. The molecule has 0 amide bonds. The van der Waals surface area contributed by atoms with Gasteiger partial charge in [-0.3, -0.25) is 0 Å². The van der Waals surface area contributed by atoms with Crippen molar-refractivity contribution in [1.29, 1.82) is 0 Å². The molecule has 4 nitrogen and oxygen atoms in total. The van der Waals surface area contributed by atoms with Crippen molar-refractivity contribution >= 4 is 28.6 Å². The van der Waals surface area contributed by atoms with Crippen LogP contribution in [0.2, 0.25) is 5.02 Å². The van der Waals surface area contributed by atoms with E-state index in [4.69, 9.17) is 11.6 Å². The van der Waals surface area contributed by atoms with Gasteiger partial charge in [0, 0.05) is 28.5 Å². The predicted molar refractivity (Wildman–Crippen MR) is 82.8 cm³/mol. The van der Waals surface area contributed by atoms with Gasteiger partial charge in [0.05, 0.1) is 17.9 Å². The SMILES string of the molecule is Cc1csc(CNc2cc(Cl)ccc2-n2cccn2)n1. The fourth-order valence-corrected chi connectivity index (χ4v) is 2.80. The fraction of sp³-hybridized carbons (Fsp3) is 0.143. The first-order valence-electron chi connectivity index (χ1n) is 6.17. The second-order valence-electron chi connectivity index (χ2n) is 4.35. The van der Waals surface area contributed by atoms with Gasteiger partial charge in [-0.15, -0.1) is 11.3 Å². The minimum Gasteiger partial charge on any atom is -0.377 e. The minimum absolute atomic E-state index is 0.674. The van der Waals surface area contributed by atoms with Gasteiger partial charge in [0.2, 0.25) is 0 Å². The van der Waals surface area contributed by atoms with Gasteiger partial charge in [0.1, 0.15) is 5.01 Å². The summed E-state index contributed by atoms with van der Waals surface area (Å²) in [4.78, 5) is 4.44. The van der Waals surface area contributed by atoms with Gasteiger partial charge in [0.15, 0.2) is 0 Å². The molecule has 3 rings (SSSR count). The van der Waals surface area contributed by atoms with Gasteiger partial charge in [-0.25, -0.2) is 9.67 Å². The largest absolute Gasteiger partial charge is 0.377 e. The van der Waals surface area contributed by atoms with Crippen LogP contribution in [0.3, 0.4) is 0 Å². The number of aromatic nitrogens is 3. The summed E-state index contributed by atoms with van der Waals surface area (Å²) >= 11 is 7.73. The fourth-order valence-electron chi connectivity index (χ4n) is 1.92. The number of rotatable bonds is 4. The van der Waals surface area contributed by atoms with Gasteiger partial charge in [-0.05, 0) is 31.2 Å². The molecule has 0 saturated heterocycles. The smallest absolute Gasteiger partial charge is 0.112 e. The molecule has 102 valence electrons. The lowest BCUT2D eigenvalue weighted by atomic mass is 10.2. The highest BCUT2D eigenvalue weighted by molar-refractivity contribution is 7.09. The Labute approximate surface area is 126 Å². The predicted octanol–water partition coefficient (Wildman–Crippen LogP) is 3.90. The zero-order valence-corrected chi connectivity index (χ0v) is 12.4. The maximum absolute atomic E-state index is 6.08. The van der Waals surface area contributed by atoms with Crippen LogP contribution in [0.25, 0.3) is 5.69 Å². The summed E-state index contributed by atoms with van der Waals surface area (Å²) in [6.07, 6.45) is 3.66. The molecule has 1 aromatic carbocycles. The molecular formula is C14H13ClN4S. The van der Waals surface area contributed by atoms with Crippen molar-refractivity contribution in [3.63, 3.8) is 0 Å². The van der Waals surface area contributed by atoms with E-state index < -0.39 is 0 Å². The molecule has 0 aliphatic heterocycles. The van der Waals surface area contributed by atoms with Crippen molar-refractivity contribution in [3.05, 3.63) is 57.8 Å². The average molecular weight is 305 g/mol. The number of anilines is 1. The van der Waals surface area contributed by atoms with Crippen LogP contribution in [0.1, 0.15) is 10.7 Å². The van der Waals surface area contributed by atoms with Crippen LogP contribution in [0.5, 0.6) is 0 Å². The standard InChI is InChI=1S/C14H13ClN4S/c1-10-9-20-14(18-10)8-16-12-7-11(15)3-4-13(12)19-6-2-5-17-19/h2-7,9,16H,8H2,1H3. The summed E-state index contributed by atoms with van der Waals surface area (Å²) in [6.45, 7) is 2.67. The molecule has 3 aromatic rings. The summed E-state index contributed by atoms with van der Waals surface area (Å²) in [5.41, 5.74) is 2.95. The van der Waals surface area contributed by atoms with Crippen molar-refractivity contribution in [1.82, 2.24) is 14.8 Å². The van der Waals surface area contributed by atoms with Gasteiger partial charge in [0.25, 0.3) is 0 Å². The Hall–Kier alpha value is -1.85. The second-order valence-corrected chi connectivity index (χ2v) is 5.73. The molecule has 6 heteroatoms. The number of nitrogens with one attached hydrogen (secondary N) is 1. The van der Waals surface area contributed by atoms with E-state index in [0.29, 0.717) is 11.6 Å². The van der Waals surface area contributed by atoms with E-state index in [0.717, 1.165) is 22.1 Å². The van der Waals surface area contributed by atoms with Gasteiger partial charge < -0.3 is 5.32 Å². The van der Waals surface area contributed by atoms with E-state index in [1.807, 2.05) is 47.4 Å². The monoisotopic (exact) mass is 304 g/mol.